The quantitative estimate of drug-likeness (QED) is 0.473. The Morgan fingerprint density at radius 1 is 1.24 bits per heavy atom. The van der Waals surface area contributed by atoms with Gasteiger partial charge < -0.3 is 14.8 Å². The number of hydrogen-bond acceptors (Lipinski definition) is 4. The van der Waals surface area contributed by atoms with E-state index in [0.29, 0.717) is 12.3 Å². The summed E-state index contributed by atoms with van der Waals surface area (Å²) in [6.45, 7) is 1.84. The fraction of sp³-hybridized carbons (Fsp3) is 0.250. The molecule has 0 bridgehead atoms. The number of para-hydroxylation sites is 1. The zero-order valence-electron chi connectivity index (χ0n) is 12.2. The van der Waals surface area contributed by atoms with E-state index in [1.807, 2.05) is 31.2 Å². The van der Waals surface area contributed by atoms with Crippen LogP contribution in [0.2, 0.25) is 0 Å². The van der Waals surface area contributed by atoms with Crippen molar-refractivity contribution in [3.05, 3.63) is 54.1 Å². The van der Waals surface area contributed by atoms with Gasteiger partial charge in [-0.15, -0.1) is 0 Å². The summed E-state index contributed by atoms with van der Waals surface area (Å²) < 4.78 is 9.97. The van der Waals surface area contributed by atoms with Gasteiger partial charge >= 0.3 is 5.97 Å². The van der Waals surface area contributed by atoms with Crippen LogP contribution >= 0.6 is 0 Å². The number of ether oxygens (including phenoxy) is 2. The first-order valence-electron chi connectivity index (χ1n) is 6.52. The zero-order valence-corrected chi connectivity index (χ0v) is 12.2. The van der Waals surface area contributed by atoms with Gasteiger partial charge in [0.1, 0.15) is 5.75 Å². The number of carbonyl (C=O) groups is 2. The van der Waals surface area contributed by atoms with E-state index in [2.05, 4.69) is 5.32 Å². The summed E-state index contributed by atoms with van der Waals surface area (Å²) in [5.41, 5.74) is 0.854. The molecule has 1 amide bonds. The van der Waals surface area contributed by atoms with E-state index in [0.717, 1.165) is 5.56 Å². The maximum atomic E-state index is 11.6. The van der Waals surface area contributed by atoms with Crippen molar-refractivity contribution >= 4 is 11.9 Å². The SMILES string of the molecule is C/C=C/C=C/C(=O)OCC(=O)NCc1ccccc1OC. The monoisotopic (exact) mass is 289 g/mol. The summed E-state index contributed by atoms with van der Waals surface area (Å²) in [4.78, 5) is 22.8. The molecule has 0 fully saturated rings. The third kappa shape index (κ3) is 6.42. The maximum Gasteiger partial charge on any atom is 0.331 e. The van der Waals surface area contributed by atoms with Gasteiger partial charge in [0, 0.05) is 18.2 Å². The zero-order chi connectivity index (χ0) is 15.5. The Hall–Kier alpha value is -2.56. The second-order valence-corrected chi connectivity index (χ2v) is 4.08. The van der Waals surface area contributed by atoms with Gasteiger partial charge in [-0.05, 0) is 13.0 Å². The molecule has 0 aliphatic carbocycles. The van der Waals surface area contributed by atoms with Gasteiger partial charge in [0.25, 0.3) is 5.91 Å². The minimum absolute atomic E-state index is 0.311. The summed E-state index contributed by atoms with van der Waals surface area (Å²) in [5, 5.41) is 2.66. The van der Waals surface area contributed by atoms with E-state index in [1.54, 1.807) is 25.3 Å². The Balaban J connectivity index is 2.36. The molecule has 112 valence electrons. The standard InChI is InChI=1S/C16H19NO4/c1-3-4-5-10-16(19)21-12-15(18)17-11-13-8-6-7-9-14(13)20-2/h3-10H,11-12H2,1-2H3,(H,17,18)/b4-3+,10-5+. The van der Waals surface area contributed by atoms with Crippen LogP contribution in [0.1, 0.15) is 12.5 Å². The van der Waals surface area contributed by atoms with Gasteiger partial charge in [-0.1, -0.05) is 36.4 Å². The van der Waals surface area contributed by atoms with Crippen molar-refractivity contribution < 1.29 is 19.1 Å². The highest BCUT2D eigenvalue weighted by molar-refractivity contribution is 5.85. The number of amides is 1. The van der Waals surface area contributed by atoms with Gasteiger partial charge in [-0.25, -0.2) is 4.79 Å². The molecule has 0 unspecified atom stereocenters. The predicted octanol–water partition coefficient (Wildman–Crippen LogP) is 1.99. The fourth-order valence-corrected chi connectivity index (χ4v) is 1.52. The van der Waals surface area contributed by atoms with Crippen LogP contribution in [0.3, 0.4) is 0 Å². The third-order valence-corrected chi connectivity index (χ3v) is 2.55. The van der Waals surface area contributed by atoms with Gasteiger partial charge in [0.05, 0.1) is 7.11 Å². The molecule has 1 N–H and O–H groups in total. The number of esters is 1. The van der Waals surface area contributed by atoms with Crippen LogP contribution in [-0.4, -0.2) is 25.6 Å². The van der Waals surface area contributed by atoms with E-state index in [1.165, 1.54) is 6.08 Å². The maximum absolute atomic E-state index is 11.6. The third-order valence-electron chi connectivity index (χ3n) is 2.55. The average molecular weight is 289 g/mol. The summed E-state index contributed by atoms with van der Waals surface area (Å²) >= 11 is 0. The molecule has 0 spiro atoms. The highest BCUT2D eigenvalue weighted by Crippen LogP contribution is 2.16. The van der Waals surface area contributed by atoms with Crippen LogP contribution in [0.15, 0.2) is 48.6 Å². The molecule has 0 saturated heterocycles. The summed E-state index contributed by atoms with van der Waals surface area (Å²) in [6.07, 6.45) is 6.29. The Bertz CT molecular complexity index is 535. The summed E-state index contributed by atoms with van der Waals surface area (Å²) in [7, 11) is 1.57. The Morgan fingerprint density at radius 3 is 2.71 bits per heavy atom. The van der Waals surface area contributed by atoms with E-state index in [-0.39, 0.29) is 12.5 Å². The first-order chi connectivity index (χ1) is 10.2. The summed E-state index contributed by atoms with van der Waals surface area (Å²) in [6, 6.07) is 7.37. The topological polar surface area (TPSA) is 64.6 Å². The molecule has 0 atom stereocenters. The molecular formula is C16H19NO4. The number of hydrogen-bond donors (Lipinski definition) is 1. The number of rotatable bonds is 7. The first kappa shape index (κ1) is 16.5. The highest BCUT2D eigenvalue weighted by Gasteiger charge is 2.06. The number of methoxy groups -OCH3 is 1. The Morgan fingerprint density at radius 2 is 2.00 bits per heavy atom. The van der Waals surface area contributed by atoms with Crippen molar-refractivity contribution in [1.29, 1.82) is 0 Å². The highest BCUT2D eigenvalue weighted by atomic mass is 16.5. The molecule has 5 heteroatoms. The average Bonchev–Trinajstić information content (AvgIpc) is 2.51. The van der Waals surface area contributed by atoms with Crippen LogP contribution in [0.5, 0.6) is 5.75 Å². The normalized spacial score (nSPS) is 10.8. The fourth-order valence-electron chi connectivity index (χ4n) is 1.52. The number of allylic oxidation sites excluding steroid dienone is 3. The summed E-state index contributed by atoms with van der Waals surface area (Å²) in [5.74, 6) is -0.224. The second-order valence-electron chi connectivity index (χ2n) is 4.08. The van der Waals surface area contributed by atoms with Crippen LogP contribution in [0.25, 0.3) is 0 Å². The van der Waals surface area contributed by atoms with Gasteiger partial charge in [0.15, 0.2) is 6.61 Å². The van der Waals surface area contributed by atoms with Crippen molar-refractivity contribution in [2.75, 3.05) is 13.7 Å². The Kier molecular flexibility index (Phi) is 7.35. The molecule has 0 saturated carbocycles. The molecule has 1 aromatic carbocycles. The molecule has 5 nitrogen and oxygen atoms in total. The molecule has 0 radical (unpaired) electrons. The van der Waals surface area contributed by atoms with E-state index in [4.69, 9.17) is 9.47 Å². The molecular weight excluding hydrogens is 270 g/mol. The number of carbonyl (C=O) groups excluding carboxylic acids is 2. The molecule has 0 aromatic heterocycles. The van der Waals surface area contributed by atoms with E-state index < -0.39 is 5.97 Å². The van der Waals surface area contributed by atoms with Crippen LogP contribution < -0.4 is 10.1 Å². The van der Waals surface area contributed by atoms with Gasteiger partial charge in [-0.2, -0.15) is 0 Å². The van der Waals surface area contributed by atoms with Crippen molar-refractivity contribution in [3.8, 4) is 5.75 Å². The van der Waals surface area contributed by atoms with Crippen molar-refractivity contribution in [2.45, 2.75) is 13.5 Å². The van der Waals surface area contributed by atoms with Crippen molar-refractivity contribution in [3.63, 3.8) is 0 Å². The largest absolute Gasteiger partial charge is 0.496 e. The van der Waals surface area contributed by atoms with E-state index in [9.17, 15) is 9.59 Å². The molecule has 21 heavy (non-hydrogen) atoms. The van der Waals surface area contributed by atoms with Crippen molar-refractivity contribution in [1.82, 2.24) is 5.32 Å². The van der Waals surface area contributed by atoms with E-state index >= 15 is 0 Å². The van der Waals surface area contributed by atoms with Crippen LogP contribution in [-0.2, 0) is 20.9 Å². The number of benzene rings is 1. The molecule has 1 rings (SSSR count). The molecule has 0 aliphatic rings. The molecule has 1 aromatic rings. The van der Waals surface area contributed by atoms with Gasteiger partial charge in [-0.3, -0.25) is 4.79 Å². The molecule has 0 aliphatic heterocycles. The van der Waals surface area contributed by atoms with Crippen molar-refractivity contribution in [2.24, 2.45) is 0 Å². The molecule has 0 heterocycles. The number of nitrogens with one attached hydrogen (secondary N) is 1. The smallest absolute Gasteiger partial charge is 0.331 e. The minimum atomic E-state index is -0.555. The minimum Gasteiger partial charge on any atom is -0.496 e. The van der Waals surface area contributed by atoms with Crippen LogP contribution in [0, 0.1) is 0 Å². The predicted molar refractivity (Wildman–Crippen MR) is 79.8 cm³/mol. The Labute approximate surface area is 124 Å². The second kappa shape index (κ2) is 9.36. The lowest BCUT2D eigenvalue weighted by molar-refractivity contribution is -0.143. The lowest BCUT2D eigenvalue weighted by Gasteiger charge is -2.09. The van der Waals surface area contributed by atoms with Crippen LogP contribution in [0.4, 0.5) is 0 Å². The lowest BCUT2D eigenvalue weighted by Crippen LogP contribution is -2.28. The first-order valence-corrected chi connectivity index (χ1v) is 6.52. The lowest BCUT2D eigenvalue weighted by atomic mass is 10.2. The van der Waals surface area contributed by atoms with Gasteiger partial charge in [0.2, 0.25) is 0 Å².